The van der Waals surface area contributed by atoms with E-state index in [0.717, 1.165) is 30.1 Å². The third kappa shape index (κ3) is 5.31. The molecule has 9 nitrogen and oxygen atoms in total. The van der Waals surface area contributed by atoms with E-state index in [9.17, 15) is 31.2 Å². The van der Waals surface area contributed by atoms with E-state index >= 15 is 0 Å². The third-order valence-electron chi connectivity index (χ3n) is 6.41. The molecule has 0 spiro atoms. The van der Waals surface area contributed by atoms with E-state index in [1.807, 2.05) is 0 Å². The highest BCUT2D eigenvalue weighted by molar-refractivity contribution is 7.88. The third-order valence-corrected chi connectivity index (χ3v) is 7.66. The molecular weight excluding hydrogens is 499 g/mol. The Morgan fingerprint density at radius 1 is 1.25 bits per heavy atom. The van der Waals surface area contributed by atoms with Crippen molar-refractivity contribution in [2.45, 2.75) is 38.0 Å². The molecule has 0 bridgehead atoms. The number of piperidine rings is 1. The first-order valence-corrected chi connectivity index (χ1v) is 13.2. The summed E-state index contributed by atoms with van der Waals surface area (Å²) in [5.74, 6) is -0.901. The Balaban J connectivity index is 1.70. The van der Waals surface area contributed by atoms with Gasteiger partial charge in [0.15, 0.2) is 0 Å². The molecule has 1 atom stereocenters. The molecule has 0 aliphatic carbocycles. The van der Waals surface area contributed by atoms with Crippen LogP contribution >= 0.6 is 0 Å². The lowest BCUT2D eigenvalue weighted by molar-refractivity contribution is -0.137. The number of amides is 2. The van der Waals surface area contributed by atoms with E-state index in [-0.39, 0.29) is 36.6 Å². The maximum absolute atomic E-state index is 13.1. The van der Waals surface area contributed by atoms with E-state index < -0.39 is 27.7 Å². The van der Waals surface area contributed by atoms with Gasteiger partial charge in [-0.1, -0.05) is 12.6 Å². The fourth-order valence-corrected chi connectivity index (χ4v) is 5.43. The van der Waals surface area contributed by atoms with Gasteiger partial charge in [-0.15, -0.1) is 0 Å². The number of fused-ring (bicyclic) bond motifs is 1. The zero-order valence-corrected chi connectivity index (χ0v) is 20.4. The molecule has 1 aromatic carbocycles. The van der Waals surface area contributed by atoms with Gasteiger partial charge in [0.1, 0.15) is 0 Å². The van der Waals surface area contributed by atoms with Gasteiger partial charge < -0.3 is 9.47 Å². The highest BCUT2D eigenvalue weighted by Crippen LogP contribution is 2.33. The maximum Gasteiger partial charge on any atom is 0.416 e. The van der Waals surface area contributed by atoms with Crippen LogP contribution in [0.2, 0.25) is 0 Å². The van der Waals surface area contributed by atoms with Gasteiger partial charge in [-0.3, -0.25) is 14.9 Å². The Labute approximate surface area is 206 Å². The number of sulfonamides is 1. The molecule has 2 amide bonds. The molecule has 0 radical (unpaired) electrons. The van der Waals surface area contributed by atoms with Gasteiger partial charge in [0.2, 0.25) is 21.9 Å². The number of hydrogen-bond donors (Lipinski definition) is 1. The second-order valence-corrected chi connectivity index (χ2v) is 10.8. The number of carbonyl (C=O) groups is 2. The number of imidazole rings is 1. The van der Waals surface area contributed by atoms with Crippen molar-refractivity contribution >= 4 is 27.8 Å². The first kappa shape index (κ1) is 25.9. The number of nitrogens with zero attached hydrogens (tertiary/aromatic N) is 4. The van der Waals surface area contributed by atoms with Crippen molar-refractivity contribution in [2.75, 3.05) is 31.2 Å². The van der Waals surface area contributed by atoms with E-state index in [1.54, 1.807) is 9.47 Å². The molecule has 2 aromatic rings. The van der Waals surface area contributed by atoms with Crippen molar-refractivity contribution in [3.8, 4) is 0 Å². The van der Waals surface area contributed by atoms with Crippen LogP contribution in [0.25, 0.3) is 0 Å². The van der Waals surface area contributed by atoms with Crippen LogP contribution in [0.1, 0.15) is 46.2 Å². The molecule has 0 saturated carbocycles. The Kier molecular flexibility index (Phi) is 6.97. The van der Waals surface area contributed by atoms with Gasteiger partial charge in [-0.2, -0.15) is 17.5 Å². The van der Waals surface area contributed by atoms with Crippen LogP contribution in [0.5, 0.6) is 0 Å². The standard InChI is InChI=1S/C23H26F3N5O4S/c1-3-20(32)29-10-5-8-17(13-29)31-19-9-11-30(36(2,34)35)14-18(19)27-22(31)28-21(33)15-6-4-7-16(12-15)23(24,25)26/h3-4,6-7,12,17H,1,5,8-11,13-14H2,2H3,(H,27,28,33). The number of alkyl halides is 3. The highest BCUT2D eigenvalue weighted by atomic mass is 32.2. The summed E-state index contributed by atoms with van der Waals surface area (Å²) in [6.07, 6.45) is -0.580. The maximum atomic E-state index is 13.1. The summed E-state index contributed by atoms with van der Waals surface area (Å²) in [4.78, 5) is 31.3. The minimum atomic E-state index is -4.60. The zero-order chi connectivity index (χ0) is 26.3. The van der Waals surface area contributed by atoms with Crippen LogP contribution in [-0.4, -0.2) is 64.9 Å². The second kappa shape index (κ2) is 9.69. The molecule has 2 aliphatic heterocycles. The number of likely N-dealkylation sites (tertiary alicyclic amines) is 1. The Bertz CT molecular complexity index is 1310. The van der Waals surface area contributed by atoms with Crippen molar-refractivity contribution in [1.82, 2.24) is 18.8 Å². The van der Waals surface area contributed by atoms with Crippen LogP contribution in [0.4, 0.5) is 19.1 Å². The predicted molar refractivity (Wildman–Crippen MR) is 126 cm³/mol. The van der Waals surface area contributed by atoms with Crippen molar-refractivity contribution in [2.24, 2.45) is 0 Å². The number of benzene rings is 1. The molecule has 1 fully saturated rings. The van der Waals surface area contributed by atoms with Crippen LogP contribution < -0.4 is 5.32 Å². The smallest absolute Gasteiger partial charge is 0.337 e. The van der Waals surface area contributed by atoms with Crippen molar-refractivity contribution in [3.05, 3.63) is 59.4 Å². The summed E-state index contributed by atoms with van der Waals surface area (Å²) in [5.41, 5.74) is 0.0417. The van der Waals surface area contributed by atoms with Gasteiger partial charge in [0.25, 0.3) is 5.91 Å². The lowest BCUT2D eigenvalue weighted by Gasteiger charge is -2.35. The lowest BCUT2D eigenvalue weighted by Crippen LogP contribution is -2.41. The molecule has 4 rings (SSSR count). The number of halogens is 3. The Morgan fingerprint density at radius 3 is 2.67 bits per heavy atom. The molecule has 194 valence electrons. The van der Waals surface area contributed by atoms with Crippen LogP contribution in [0.15, 0.2) is 36.9 Å². The van der Waals surface area contributed by atoms with Crippen molar-refractivity contribution in [1.29, 1.82) is 0 Å². The fourth-order valence-electron chi connectivity index (χ4n) is 4.65. The number of anilines is 1. The SMILES string of the molecule is C=CC(=O)N1CCCC(n2c(NC(=O)c3cccc(C(F)(F)F)c3)nc3c2CCN(S(C)(=O)=O)C3)C1. The Hall–Kier alpha value is -3.19. The number of carbonyl (C=O) groups excluding carboxylic acids is 2. The van der Waals surface area contributed by atoms with Gasteiger partial charge >= 0.3 is 6.18 Å². The van der Waals surface area contributed by atoms with Gasteiger partial charge in [0.05, 0.1) is 30.1 Å². The number of nitrogens with one attached hydrogen (secondary N) is 1. The van der Waals surface area contributed by atoms with Gasteiger partial charge in [-0.05, 0) is 37.1 Å². The van der Waals surface area contributed by atoms with Crippen LogP contribution in [-0.2, 0) is 34.0 Å². The average molecular weight is 526 g/mol. The summed E-state index contributed by atoms with van der Waals surface area (Å²) in [6.45, 7) is 4.64. The number of aromatic nitrogens is 2. The second-order valence-electron chi connectivity index (χ2n) is 8.86. The Morgan fingerprint density at radius 2 is 2.00 bits per heavy atom. The molecule has 36 heavy (non-hydrogen) atoms. The fraction of sp³-hybridized carbons (Fsp3) is 0.435. The zero-order valence-electron chi connectivity index (χ0n) is 19.6. The molecule has 2 aliphatic rings. The van der Waals surface area contributed by atoms with Crippen molar-refractivity contribution < 1.29 is 31.2 Å². The minimum absolute atomic E-state index is 0.00954. The summed E-state index contributed by atoms with van der Waals surface area (Å²) >= 11 is 0. The summed E-state index contributed by atoms with van der Waals surface area (Å²) in [7, 11) is -3.48. The molecule has 1 N–H and O–H groups in total. The average Bonchev–Trinajstić information content (AvgIpc) is 3.19. The molecular formula is C23H26F3N5O4S. The van der Waals surface area contributed by atoms with E-state index in [1.165, 1.54) is 16.4 Å². The molecule has 1 aromatic heterocycles. The topological polar surface area (TPSA) is 105 Å². The number of rotatable bonds is 5. The largest absolute Gasteiger partial charge is 0.416 e. The summed E-state index contributed by atoms with van der Waals surface area (Å²) < 4.78 is 66.7. The van der Waals surface area contributed by atoms with Crippen LogP contribution in [0, 0.1) is 0 Å². The van der Waals surface area contributed by atoms with Gasteiger partial charge in [0, 0.05) is 37.3 Å². The molecule has 1 unspecified atom stereocenters. The normalized spacial score (nSPS) is 19.0. The van der Waals surface area contributed by atoms with E-state index in [2.05, 4.69) is 16.9 Å². The first-order chi connectivity index (χ1) is 16.9. The number of hydrogen-bond acceptors (Lipinski definition) is 5. The molecule has 1 saturated heterocycles. The van der Waals surface area contributed by atoms with Crippen molar-refractivity contribution in [3.63, 3.8) is 0 Å². The van der Waals surface area contributed by atoms with E-state index in [0.29, 0.717) is 38.0 Å². The van der Waals surface area contributed by atoms with E-state index in [4.69, 9.17) is 0 Å². The summed E-state index contributed by atoms with van der Waals surface area (Å²) in [6, 6.07) is 3.80. The molecule has 13 heteroatoms. The molecule has 3 heterocycles. The first-order valence-electron chi connectivity index (χ1n) is 11.3. The predicted octanol–water partition coefficient (Wildman–Crippen LogP) is 2.82. The van der Waals surface area contributed by atoms with Gasteiger partial charge in [-0.25, -0.2) is 13.4 Å². The quantitative estimate of drug-likeness (QED) is 0.605. The highest BCUT2D eigenvalue weighted by Gasteiger charge is 2.34. The monoisotopic (exact) mass is 525 g/mol. The minimum Gasteiger partial charge on any atom is -0.337 e. The van der Waals surface area contributed by atoms with Crippen LogP contribution in [0.3, 0.4) is 0 Å². The lowest BCUT2D eigenvalue weighted by atomic mass is 10.0. The summed E-state index contributed by atoms with van der Waals surface area (Å²) in [5, 5.41) is 2.63.